The van der Waals surface area contributed by atoms with Crippen molar-refractivity contribution in [3.05, 3.63) is 17.0 Å². The zero-order valence-electron chi connectivity index (χ0n) is 14.0. The highest BCUT2D eigenvalue weighted by Crippen LogP contribution is 2.25. The van der Waals surface area contributed by atoms with Gasteiger partial charge in [0.25, 0.3) is 0 Å². The summed E-state index contributed by atoms with van der Waals surface area (Å²) in [4.78, 5) is 13.0. The molecule has 0 atom stereocenters. The van der Waals surface area contributed by atoms with Gasteiger partial charge in [0.15, 0.2) is 11.6 Å². The second-order valence-corrected chi connectivity index (χ2v) is 5.76. The lowest BCUT2D eigenvalue weighted by Gasteiger charge is -2.23. The number of nitrogens with zero attached hydrogens (tertiary/aromatic N) is 7. The third-order valence-corrected chi connectivity index (χ3v) is 3.84. The Morgan fingerprint density at radius 2 is 1.65 bits per heavy atom. The van der Waals surface area contributed by atoms with E-state index in [1.807, 2.05) is 39.9 Å². The molecule has 9 heteroatoms. The summed E-state index contributed by atoms with van der Waals surface area (Å²) >= 11 is 0. The molecule has 0 aliphatic carbocycles. The minimum Gasteiger partial charge on any atom is -0.360 e. The molecule has 0 aliphatic heterocycles. The molecule has 3 aromatic rings. The Balaban J connectivity index is 1.87. The molecule has 0 bridgehead atoms. The van der Waals surface area contributed by atoms with Crippen molar-refractivity contribution in [2.45, 2.75) is 20.3 Å². The number of aromatic nitrogens is 6. The van der Waals surface area contributed by atoms with E-state index >= 15 is 0 Å². The standard InChI is InChI=1S/C14H20N8O/c1-8-10(9(2)18-17-8)6-7-22(5)14-13(21(3)4)15-11-12(16-14)20-23-19-11/h6-7H2,1-5H3,(H,17,18). The molecule has 3 aromatic heterocycles. The SMILES string of the molecule is Cc1n[nH]c(C)c1CCN(C)c1nc2nonc2nc1N(C)C. The lowest BCUT2D eigenvalue weighted by molar-refractivity contribution is 0.314. The van der Waals surface area contributed by atoms with Crippen LogP contribution in [0.25, 0.3) is 11.3 Å². The second-order valence-electron chi connectivity index (χ2n) is 5.76. The Morgan fingerprint density at radius 3 is 2.22 bits per heavy atom. The van der Waals surface area contributed by atoms with E-state index in [0.29, 0.717) is 11.3 Å². The number of aryl methyl sites for hydroxylation is 2. The summed E-state index contributed by atoms with van der Waals surface area (Å²) in [6.45, 7) is 4.83. The second kappa shape index (κ2) is 5.82. The quantitative estimate of drug-likeness (QED) is 0.747. The molecular weight excluding hydrogens is 296 g/mol. The van der Waals surface area contributed by atoms with Crippen molar-refractivity contribution < 1.29 is 4.63 Å². The Kier molecular flexibility index (Phi) is 3.85. The van der Waals surface area contributed by atoms with E-state index in [1.165, 1.54) is 5.56 Å². The molecule has 23 heavy (non-hydrogen) atoms. The van der Waals surface area contributed by atoms with Crippen LogP contribution in [0.15, 0.2) is 4.63 Å². The summed E-state index contributed by atoms with van der Waals surface area (Å²) in [5.41, 5.74) is 4.19. The molecule has 3 rings (SSSR count). The van der Waals surface area contributed by atoms with E-state index in [0.717, 1.165) is 36.0 Å². The molecule has 0 saturated carbocycles. The molecule has 1 N–H and O–H groups in total. The van der Waals surface area contributed by atoms with Crippen LogP contribution in [0.1, 0.15) is 17.0 Å². The maximum Gasteiger partial charge on any atom is 0.245 e. The van der Waals surface area contributed by atoms with Gasteiger partial charge in [-0.15, -0.1) is 0 Å². The fourth-order valence-corrected chi connectivity index (χ4v) is 2.50. The van der Waals surface area contributed by atoms with Gasteiger partial charge in [0.2, 0.25) is 11.3 Å². The molecular formula is C14H20N8O. The fraction of sp³-hybridized carbons (Fsp3) is 0.500. The van der Waals surface area contributed by atoms with Crippen molar-refractivity contribution in [3.63, 3.8) is 0 Å². The molecule has 0 amide bonds. The molecule has 0 aliphatic rings. The summed E-state index contributed by atoms with van der Waals surface area (Å²) in [6, 6.07) is 0. The van der Waals surface area contributed by atoms with Gasteiger partial charge in [0, 0.05) is 33.4 Å². The number of hydrogen-bond acceptors (Lipinski definition) is 8. The minimum atomic E-state index is 0.410. The van der Waals surface area contributed by atoms with E-state index in [-0.39, 0.29) is 0 Å². The van der Waals surface area contributed by atoms with Crippen LogP contribution in [-0.4, -0.2) is 58.2 Å². The van der Waals surface area contributed by atoms with Crippen LogP contribution in [-0.2, 0) is 6.42 Å². The zero-order chi connectivity index (χ0) is 16.6. The van der Waals surface area contributed by atoms with E-state index < -0.39 is 0 Å². The minimum absolute atomic E-state index is 0.410. The summed E-state index contributed by atoms with van der Waals surface area (Å²) in [5.74, 6) is 1.48. The third kappa shape index (κ3) is 2.81. The predicted molar refractivity (Wildman–Crippen MR) is 86.8 cm³/mol. The number of hydrogen-bond donors (Lipinski definition) is 1. The van der Waals surface area contributed by atoms with Crippen LogP contribution in [0.3, 0.4) is 0 Å². The number of likely N-dealkylation sites (N-methyl/N-ethyl adjacent to an activating group) is 1. The lowest BCUT2D eigenvalue weighted by Crippen LogP contribution is -2.25. The molecule has 0 spiro atoms. The van der Waals surface area contributed by atoms with Gasteiger partial charge in [-0.1, -0.05) is 0 Å². The summed E-state index contributed by atoms with van der Waals surface area (Å²) < 4.78 is 4.71. The summed E-state index contributed by atoms with van der Waals surface area (Å²) in [6.07, 6.45) is 0.869. The van der Waals surface area contributed by atoms with Crippen LogP contribution in [0.5, 0.6) is 0 Å². The van der Waals surface area contributed by atoms with Crippen LogP contribution in [0, 0.1) is 13.8 Å². The monoisotopic (exact) mass is 316 g/mol. The maximum absolute atomic E-state index is 4.71. The van der Waals surface area contributed by atoms with Crippen molar-refractivity contribution in [1.82, 2.24) is 30.5 Å². The van der Waals surface area contributed by atoms with Crippen LogP contribution < -0.4 is 9.80 Å². The van der Waals surface area contributed by atoms with Crippen molar-refractivity contribution in [2.75, 3.05) is 37.5 Å². The highest BCUT2D eigenvalue weighted by Gasteiger charge is 2.18. The van der Waals surface area contributed by atoms with Gasteiger partial charge in [-0.3, -0.25) is 5.10 Å². The van der Waals surface area contributed by atoms with Crippen LogP contribution in [0.2, 0.25) is 0 Å². The van der Waals surface area contributed by atoms with E-state index in [9.17, 15) is 0 Å². The lowest BCUT2D eigenvalue weighted by atomic mass is 10.1. The molecule has 3 heterocycles. The van der Waals surface area contributed by atoms with Crippen LogP contribution in [0.4, 0.5) is 11.6 Å². The normalized spacial score (nSPS) is 11.2. The zero-order valence-corrected chi connectivity index (χ0v) is 14.0. The average Bonchev–Trinajstić information content (AvgIpc) is 3.10. The first-order valence-electron chi connectivity index (χ1n) is 7.36. The van der Waals surface area contributed by atoms with Crippen molar-refractivity contribution in [3.8, 4) is 0 Å². The first-order valence-corrected chi connectivity index (χ1v) is 7.36. The van der Waals surface area contributed by atoms with E-state index in [2.05, 4.69) is 35.4 Å². The first kappa shape index (κ1) is 15.2. The first-order chi connectivity index (χ1) is 11.0. The highest BCUT2D eigenvalue weighted by atomic mass is 16.6. The van der Waals surface area contributed by atoms with Gasteiger partial charge in [0.1, 0.15) is 0 Å². The fourth-order valence-electron chi connectivity index (χ4n) is 2.50. The Bertz CT molecular complexity index is 802. The number of rotatable bonds is 5. The summed E-state index contributed by atoms with van der Waals surface area (Å²) in [5, 5.41) is 14.8. The van der Waals surface area contributed by atoms with E-state index in [1.54, 1.807) is 0 Å². The molecule has 0 fully saturated rings. The number of aromatic amines is 1. The molecule has 0 saturated heterocycles. The predicted octanol–water partition coefficient (Wildman–Crippen LogP) is 1.10. The van der Waals surface area contributed by atoms with Gasteiger partial charge < -0.3 is 9.80 Å². The number of anilines is 2. The Labute approximate surface area is 133 Å². The van der Waals surface area contributed by atoms with Gasteiger partial charge in [-0.2, -0.15) is 5.10 Å². The molecule has 0 radical (unpaired) electrons. The maximum atomic E-state index is 4.71. The largest absolute Gasteiger partial charge is 0.360 e. The highest BCUT2D eigenvalue weighted by molar-refractivity contribution is 5.74. The summed E-state index contributed by atoms with van der Waals surface area (Å²) in [7, 11) is 5.83. The van der Waals surface area contributed by atoms with Gasteiger partial charge in [-0.05, 0) is 36.1 Å². The van der Waals surface area contributed by atoms with Gasteiger partial charge >= 0.3 is 0 Å². The molecule has 0 unspecified atom stereocenters. The molecule has 0 aromatic carbocycles. The molecule has 9 nitrogen and oxygen atoms in total. The van der Waals surface area contributed by atoms with Crippen molar-refractivity contribution in [2.24, 2.45) is 0 Å². The Hall–Kier alpha value is -2.71. The molecule has 122 valence electrons. The van der Waals surface area contributed by atoms with Crippen molar-refractivity contribution in [1.29, 1.82) is 0 Å². The van der Waals surface area contributed by atoms with Gasteiger partial charge in [-0.25, -0.2) is 14.6 Å². The number of fused-ring (bicyclic) bond motifs is 1. The van der Waals surface area contributed by atoms with Gasteiger partial charge in [0.05, 0.1) is 5.69 Å². The Morgan fingerprint density at radius 1 is 1.00 bits per heavy atom. The number of H-pyrrole nitrogens is 1. The average molecular weight is 316 g/mol. The van der Waals surface area contributed by atoms with Crippen LogP contribution >= 0.6 is 0 Å². The topological polar surface area (TPSA) is 99.9 Å². The van der Waals surface area contributed by atoms with Crippen molar-refractivity contribution >= 4 is 22.9 Å². The number of nitrogens with one attached hydrogen (secondary N) is 1. The van der Waals surface area contributed by atoms with E-state index in [4.69, 9.17) is 4.63 Å². The third-order valence-electron chi connectivity index (χ3n) is 3.84. The smallest absolute Gasteiger partial charge is 0.245 e.